The Hall–Kier alpha value is -2.37. The summed E-state index contributed by atoms with van der Waals surface area (Å²) in [5, 5.41) is 9.08. The number of carboxylic acids is 1. The first-order valence-electron chi connectivity index (χ1n) is 10.3. The molecule has 1 spiro atoms. The Morgan fingerprint density at radius 1 is 1.21 bits per heavy atom. The summed E-state index contributed by atoms with van der Waals surface area (Å²) in [6.45, 7) is 0.988. The molecule has 2 unspecified atom stereocenters. The van der Waals surface area contributed by atoms with Crippen LogP contribution in [0.3, 0.4) is 0 Å². The number of carboxylic acid groups (broad SMARTS) is 1. The predicted molar refractivity (Wildman–Crippen MR) is 104 cm³/mol. The van der Waals surface area contributed by atoms with Crippen molar-refractivity contribution in [3.05, 3.63) is 35.4 Å². The van der Waals surface area contributed by atoms with Gasteiger partial charge in [-0.25, -0.2) is 0 Å². The molecule has 2 aliphatic carbocycles. The van der Waals surface area contributed by atoms with E-state index >= 15 is 0 Å². The van der Waals surface area contributed by atoms with Crippen LogP contribution < -0.4 is 0 Å². The molecule has 1 aromatic carbocycles. The van der Waals surface area contributed by atoms with E-state index in [9.17, 15) is 14.4 Å². The molecule has 0 radical (unpaired) electrons. The van der Waals surface area contributed by atoms with Crippen LogP contribution in [-0.4, -0.2) is 59.4 Å². The number of carbonyl (C=O) groups is 3. The Kier molecular flexibility index (Phi) is 4.89. The third kappa shape index (κ3) is 3.29. The number of likely N-dealkylation sites (tertiary alicyclic amines) is 1. The highest BCUT2D eigenvalue weighted by molar-refractivity contribution is 5.89. The Morgan fingerprint density at radius 3 is 2.64 bits per heavy atom. The summed E-state index contributed by atoms with van der Waals surface area (Å²) < 4.78 is 0. The van der Waals surface area contributed by atoms with Gasteiger partial charge in [-0.05, 0) is 49.7 Å². The van der Waals surface area contributed by atoms with Crippen LogP contribution in [0.5, 0.6) is 0 Å². The molecule has 6 heteroatoms. The van der Waals surface area contributed by atoms with Gasteiger partial charge in [-0.3, -0.25) is 14.4 Å². The van der Waals surface area contributed by atoms with Crippen molar-refractivity contribution in [2.45, 2.75) is 43.9 Å². The maximum Gasteiger partial charge on any atom is 0.306 e. The highest BCUT2D eigenvalue weighted by Gasteiger charge is 2.60. The van der Waals surface area contributed by atoms with Gasteiger partial charge in [-0.1, -0.05) is 24.3 Å². The van der Waals surface area contributed by atoms with E-state index in [2.05, 4.69) is 24.3 Å². The Balaban J connectivity index is 1.35. The number of likely N-dealkylation sites (N-methyl/N-ethyl adjacent to an activating group) is 1. The molecule has 0 aromatic heterocycles. The third-order valence-corrected chi connectivity index (χ3v) is 6.94. The van der Waals surface area contributed by atoms with Crippen molar-refractivity contribution >= 4 is 17.8 Å². The average molecular weight is 384 g/mol. The molecule has 4 rings (SSSR count). The van der Waals surface area contributed by atoms with Crippen molar-refractivity contribution in [3.63, 3.8) is 0 Å². The van der Waals surface area contributed by atoms with E-state index in [1.54, 1.807) is 16.8 Å². The van der Waals surface area contributed by atoms with Crippen molar-refractivity contribution in [1.29, 1.82) is 0 Å². The SMILES string of the molecule is CN(CC(=O)N1CCC(C(=O)O)CC1)C(=O)C1CC12CCCc1ccccc12. The van der Waals surface area contributed by atoms with E-state index in [0.717, 1.165) is 25.7 Å². The lowest BCUT2D eigenvalue weighted by Crippen LogP contribution is -2.46. The summed E-state index contributed by atoms with van der Waals surface area (Å²) in [5.74, 6) is -1.19. The van der Waals surface area contributed by atoms with E-state index in [0.29, 0.717) is 25.9 Å². The molecule has 150 valence electrons. The highest BCUT2D eigenvalue weighted by Crippen LogP contribution is 2.60. The Morgan fingerprint density at radius 2 is 1.93 bits per heavy atom. The molecule has 3 aliphatic rings. The molecule has 1 heterocycles. The molecule has 1 N–H and O–H groups in total. The number of nitrogens with zero attached hydrogens (tertiary/aromatic N) is 2. The van der Waals surface area contributed by atoms with Gasteiger partial charge in [0.2, 0.25) is 11.8 Å². The fourth-order valence-corrected chi connectivity index (χ4v) is 5.18. The highest BCUT2D eigenvalue weighted by atomic mass is 16.4. The lowest BCUT2D eigenvalue weighted by Gasteiger charge is -2.32. The largest absolute Gasteiger partial charge is 0.481 e. The molecule has 28 heavy (non-hydrogen) atoms. The van der Waals surface area contributed by atoms with Crippen molar-refractivity contribution in [2.75, 3.05) is 26.7 Å². The first-order valence-corrected chi connectivity index (χ1v) is 10.3. The van der Waals surface area contributed by atoms with Gasteiger partial charge >= 0.3 is 5.97 Å². The third-order valence-electron chi connectivity index (χ3n) is 6.94. The summed E-state index contributed by atoms with van der Waals surface area (Å²) in [6.07, 6.45) is 5.10. The number of hydrogen-bond donors (Lipinski definition) is 1. The van der Waals surface area contributed by atoms with Crippen molar-refractivity contribution in [2.24, 2.45) is 11.8 Å². The second-order valence-electron chi connectivity index (χ2n) is 8.61. The minimum atomic E-state index is -0.786. The predicted octanol–water partition coefficient (Wildman–Crippen LogP) is 2.06. The zero-order valence-corrected chi connectivity index (χ0v) is 16.4. The van der Waals surface area contributed by atoms with Gasteiger partial charge in [-0.2, -0.15) is 0 Å². The number of hydrogen-bond acceptors (Lipinski definition) is 3. The number of piperidine rings is 1. The Labute approximate surface area is 165 Å². The molecule has 1 aliphatic heterocycles. The minimum Gasteiger partial charge on any atom is -0.481 e. The molecule has 1 saturated carbocycles. The van der Waals surface area contributed by atoms with Crippen LogP contribution in [0.1, 0.15) is 43.2 Å². The standard InChI is InChI=1S/C22H28N2O4/c1-23(14-19(25)24-11-8-16(9-12-24)21(27)28)20(26)18-13-22(18)10-4-6-15-5-2-3-7-17(15)22/h2-3,5,7,16,18H,4,6,8-14H2,1H3,(H,27,28). The maximum absolute atomic E-state index is 13.0. The molecule has 2 fully saturated rings. The maximum atomic E-state index is 13.0. The average Bonchev–Trinajstić information content (AvgIpc) is 3.42. The monoisotopic (exact) mass is 384 g/mol. The van der Waals surface area contributed by atoms with Gasteiger partial charge in [0.25, 0.3) is 0 Å². The van der Waals surface area contributed by atoms with Crippen molar-refractivity contribution in [1.82, 2.24) is 9.80 Å². The summed E-state index contributed by atoms with van der Waals surface area (Å²) in [5.41, 5.74) is 2.67. The van der Waals surface area contributed by atoms with E-state index in [4.69, 9.17) is 5.11 Å². The van der Waals surface area contributed by atoms with Gasteiger partial charge in [0.15, 0.2) is 0 Å². The molecule has 2 amide bonds. The van der Waals surface area contributed by atoms with Crippen LogP contribution >= 0.6 is 0 Å². The molecule has 1 aromatic rings. The number of benzene rings is 1. The molecule has 6 nitrogen and oxygen atoms in total. The smallest absolute Gasteiger partial charge is 0.306 e. The van der Waals surface area contributed by atoms with E-state index in [1.807, 2.05) is 0 Å². The molecular weight excluding hydrogens is 356 g/mol. The number of fused-ring (bicyclic) bond motifs is 2. The fourth-order valence-electron chi connectivity index (χ4n) is 5.18. The lowest BCUT2D eigenvalue weighted by molar-refractivity contribution is -0.146. The summed E-state index contributed by atoms with van der Waals surface area (Å²) in [4.78, 5) is 39.9. The number of carbonyl (C=O) groups excluding carboxylic acids is 2. The topological polar surface area (TPSA) is 77.9 Å². The quantitative estimate of drug-likeness (QED) is 0.862. The molecule has 1 saturated heterocycles. The van der Waals surface area contributed by atoms with Crippen LogP contribution in [0.4, 0.5) is 0 Å². The van der Waals surface area contributed by atoms with Gasteiger partial charge in [0.1, 0.15) is 0 Å². The van der Waals surface area contributed by atoms with Crippen LogP contribution in [0.15, 0.2) is 24.3 Å². The zero-order chi connectivity index (χ0) is 19.9. The van der Waals surface area contributed by atoms with E-state index in [-0.39, 0.29) is 35.6 Å². The van der Waals surface area contributed by atoms with E-state index < -0.39 is 5.97 Å². The van der Waals surface area contributed by atoms with Crippen LogP contribution in [-0.2, 0) is 26.2 Å². The van der Waals surface area contributed by atoms with Gasteiger partial charge < -0.3 is 14.9 Å². The summed E-state index contributed by atoms with van der Waals surface area (Å²) in [7, 11) is 1.71. The van der Waals surface area contributed by atoms with E-state index in [1.165, 1.54) is 11.1 Å². The number of amides is 2. The summed E-state index contributed by atoms with van der Waals surface area (Å²) >= 11 is 0. The minimum absolute atomic E-state index is 0.0236. The van der Waals surface area contributed by atoms with Crippen LogP contribution in [0.25, 0.3) is 0 Å². The molecular formula is C22H28N2O4. The first-order chi connectivity index (χ1) is 13.4. The second-order valence-corrected chi connectivity index (χ2v) is 8.61. The fraction of sp³-hybridized carbons (Fsp3) is 0.591. The normalized spacial score (nSPS) is 26.6. The van der Waals surface area contributed by atoms with Gasteiger partial charge in [0, 0.05) is 31.5 Å². The molecule has 0 bridgehead atoms. The van der Waals surface area contributed by atoms with Crippen molar-refractivity contribution in [3.8, 4) is 0 Å². The van der Waals surface area contributed by atoms with Crippen molar-refractivity contribution < 1.29 is 19.5 Å². The van der Waals surface area contributed by atoms with Gasteiger partial charge in [-0.15, -0.1) is 0 Å². The van der Waals surface area contributed by atoms with Gasteiger partial charge in [0.05, 0.1) is 12.5 Å². The van der Waals surface area contributed by atoms with Crippen LogP contribution in [0.2, 0.25) is 0 Å². The Bertz CT molecular complexity index is 799. The first kappa shape index (κ1) is 19.0. The van der Waals surface area contributed by atoms with Crippen LogP contribution in [0, 0.1) is 11.8 Å². The lowest BCUT2D eigenvalue weighted by atomic mass is 9.78. The number of aryl methyl sites for hydroxylation is 1. The zero-order valence-electron chi connectivity index (χ0n) is 16.4. The number of rotatable bonds is 4. The number of aliphatic carboxylic acids is 1. The molecule has 2 atom stereocenters. The summed E-state index contributed by atoms with van der Waals surface area (Å²) in [6, 6.07) is 8.46. The second kappa shape index (κ2) is 7.22.